The van der Waals surface area contributed by atoms with Crippen LogP contribution in [0, 0.1) is 25.2 Å². The van der Waals surface area contributed by atoms with Gasteiger partial charge in [-0.1, -0.05) is 26.0 Å². The molecule has 1 N–H and O–H groups in total. The van der Waals surface area contributed by atoms with Crippen LogP contribution in [0.25, 0.3) is 0 Å². The number of nitrogens with zero attached hydrogens (tertiary/aromatic N) is 1. The first-order valence-corrected chi connectivity index (χ1v) is 6.87. The fourth-order valence-electron chi connectivity index (χ4n) is 2.87. The Bertz CT molecular complexity index is 494. The Hall–Kier alpha value is -1.51. The molecule has 0 bridgehead atoms. The molecule has 1 aromatic rings. The summed E-state index contributed by atoms with van der Waals surface area (Å²) in [7, 11) is 0. The van der Waals surface area contributed by atoms with Gasteiger partial charge >= 0.3 is 5.97 Å². The topological polar surface area (TPSA) is 40.5 Å². The zero-order valence-corrected chi connectivity index (χ0v) is 12.2. The van der Waals surface area contributed by atoms with E-state index in [4.69, 9.17) is 0 Å². The third kappa shape index (κ3) is 2.60. The van der Waals surface area contributed by atoms with Gasteiger partial charge in [0, 0.05) is 18.8 Å². The van der Waals surface area contributed by atoms with Crippen LogP contribution in [-0.4, -0.2) is 24.2 Å². The van der Waals surface area contributed by atoms with E-state index in [0.29, 0.717) is 6.54 Å². The van der Waals surface area contributed by atoms with Crippen molar-refractivity contribution in [2.75, 3.05) is 18.0 Å². The molecule has 19 heavy (non-hydrogen) atoms. The third-order valence-corrected chi connectivity index (χ3v) is 4.59. The summed E-state index contributed by atoms with van der Waals surface area (Å²) in [5.74, 6) is -0.985. The monoisotopic (exact) mass is 261 g/mol. The molecular weight excluding hydrogens is 238 g/mol. The molecular formula is C16H23NO2. The lowest BCUT2D eigenvalue weighted by Gasteiger charge is -2.43. The second kappa shape index (κ2) is 4.87. The maximum Gasteiger partial charge on any atom is 0.308 e. The minimum Gasteiger partial charge on any atom is -0.481 e. The highest BCUT2D eigenvalue weighted by atomic mass is 16.4. The van der Waals surface area contributed by atoms with Crippen molar-refractivity contribution >= 4 is 11.7 Å². The predicted octanol–water partition coefficient (Wildman–Crippen LogP) is 3.24. The van der Waals surface area contributed by atoms with E-state index in [-0.39, 0.29) is 11.3 Å². The molecule has 3 heteroatoms. The summed E-state index contributed by atoms with van der Waals surface area (Å²) in [4.78, 5) is 13.7. The van der Waals surface area contributed by atoms with E-state index in [2.05, 4.69) is 44.7 Å². The van der Waals surface area contributed by atoms with Crippen molar-refractivity contribution in [1.29, 1.82) is 0 Å². The summed E-state index contributed by atoms with van der Waals surface area (Å²) in [5, 5.41) is 9.44. The molecule has 2 rings (SSSR count). The van der Waals surface area contributed by atoms with Gasteiger partial charge < -0.3 is 10.0 Å². The second-order valence-corrected chi connectivity index (χ2v) is 6.29. The number of benzene rings is 1. The quantitative estimate of drug-likeness (QED) is 0.888. The Balaban J connectivity index is 2.29. The number of carboxylic acid groups (broad SMARTS) is 1. The van der Waals surface area contributed by atoms with E-state index in [1.807, 2.05) is 6.07 Å². The number of hydrogen-bond acceptors (Lipinski definition) is 2. The molecule has 104 valence electrons. The molecule has 1 atom stereocenters. The van der Waals surface area contributed by atoms with Crippen molar-refractivity contribution in [2.45, 2.75) is 34.1 Å². The second-order valence-electron chi connectivity index (χ2n) is 6.29. The Morgan fingerprint density at radius 2 is 2.05 bits per heavy atom. The minimum absolute atomic E-state index is 0.125. The number of anilines is 1. The highest BCUT2D eigenvalue weighted by Crippen LogP contribution is 2.38. The smallest absolute Gasteiger partial charge is 0.308 e. The lowest BCUT2D eigenvalue weighted by atomic mass is 9.73. The molecule has 1 aliphatic heterocycles. The number of aryl methyl sites for hydroxylation is 1. The van der Waals surface area contributed by atoms with Crippen LogP contribution in [0.5, 0.6) is 0 Å². The number of hydrogen-bond donors (Lipinski definition) is 1. The number of rotatable bonds is 2. The molecule has 1 unspecified atom stereocenters. The molecule has 0 aliphatic carbocycles. The van der Waals surface area contributed by atoms with Gasteiger partial charge in [0.25, 0.3) is 0 Å². The molecule has 1 heterocycles. The lowest BCUT2D eigenvalue weighted by molar-refractivity contribution is -0.146. The molecule has 0 amide bonds. The normalized spacial score (nSPS) is 22.3. The predicted molar refractivity (Wildman–Crippen MR) is 77.7 cm³/mol. The van der Waals surface area contributed by atoms with Gasteiger partial charge in [0.15, 0.2) is 0 Å². The Morgan fingerprint density at radius 3 is 2.68 bits per heavy atom. The van der Waals surface area contributed by atoms with E-state index < -0.39 is 5.97 Å². The standard InChI is InChI=1S/C16H23NO2/c1-11-6-5-7-14(12(11)2)17-9-8-16(3,4)13(10-17)15(18)19/h5-7,13H,8-10H2,1-4H3,(H,18,19). The number of aliphatic carboxylic acids is 1. The van der Waals surface area contributed by atoms with Gasteiger partial charge in [-0.2, -0.15) is 0 Å². The van der Waals surface area contributed by atoms with E-state index in [1.165, 1.54) is 16.8 Å². The van der Waals surface area contributed by atoms with Crippen LogP contribution in [0.2, 0.25) is 0 Å². The third-order valence-electron chi connectivity index (χ3n) is 4.59. The van der Waals surface area contributed by atoms with Crippen LogP contribution < -0.4 is 4.90 Å². The van der Waals surface area contributed by atoms with Crippen molar-refractivity contribution in [1.82, 2.24) is 0 Å². The van der Waals surface area contributed by atoms with Gasteiger partial charge in [-0.15, -0.1) is 0 Å². The summed E-state index contributed by atoms with van der Waals surface area (Å²) in [6.07, 6.45) is 0.914. The zero-order valence-electron chi connectivity index (χ0n) is 12.2. The Labute approximate surface area is 115 Å². The Kier molecular flexibility index (Phi) is 3.57. The number of carboxylic acids is 1. The van der Waals surface area contributed by atoms with Gasteiger partial charge in [0.05, 0.1) is 5.92 Å². The van der Waals surface area contributed by atoms with Crippen molar-refractivity contribution in [2.24, 2.45) is 11.3 Å². The van der Waals surface area contributed by atoms with Gasteiger partial charge in [-0.3, -0.25) is 4.79 Å². The average molecular weight is 261 g/mol. The molecule has 0 spiro atoms. The fourth-order valence-corrected chi connectivity index (χ4v) is 2.87. The molecule has 1 aromatic carbocycles. The maximum absolute atomic E-state index is 11.5. The van der Waals surface area contributed by atoms with E-state index >= 15 is 0 Å². The SMILES string of the molecule is Cc1cccc(N2CCC(C)(C)C(C(=O)O)C2)c1C. The molecule has 0 aromatic heterocycles. The van der Waals surface area contributed by atoms with Crippen LogP contribution in [0.3, 0.4) is 0 Å². The Morgan fingerprint density at radius 1 is 1.37 bits per heavy atom. The largest absolute Gasteiger partial charge is 0.481 e. The highest BCUT2D eigenvalue weighted by Gasteiger charge is 2.40. The van der Waals surface area contributed by atoms with Crippen LogP contribution in [-0.2, 0) is 4.79 Å². The first-order valence-electron chi connectivity index (χ1n) is 6.87. The molecule has 1 saturated heterocycles. The van der Waals surface area contributed by atoms with Crippen LogP contribution in [0.15, 0.2) is 18.2 Å². The maximum atomic E-state index is 11.5. The van der Waals surface area contributed by atoms with E-state index in [1.54, 1.807) is 0 Å². The van der Waals surface area contributed by atoms with Crippen LogP contribution >= 0.6 is 0 Å². The van der Waals surface area contributed by atoms with Crippen molar-refractivity contribution in [3.63, 3.8) is 0 Å². The van der Waals surface area contributed by atoms with Crippen LogP contribution in [0.1, 0.15) is 31.4 Å². The summed E-state index contributed by atoms with van der Waals surface area (Å²) in [6.45, 7) is 9.87. The molecule has 0 saturated carbocycles. The fraction of sp³-hybridized carbons (Fsp3) is 0.562. The highest BCUT2D eigenvalue weighted by molar-refractivity contribution is 5.73. The van der Waals surface area contributed by atoms with Crippen LogP contribution in [0.4, 0.5) is 5.69 Å². The van der Waals surface area contributed by atoms with E-state index in [0.717, 1.165) is 13.0 Å². The molecule has 1 fully saturated rings. The van der Waals surface area contributed by atoms with Gasteiger partial charge in [0.2, 0.25) is 0 Å². The summed E-state index contributed by atoms with van der Waals surface area (Å²) in [6, 6.07) is 6.24. The summed E-state index contributed by atoms with van der Waals surface area (Å²) < 4.78 is 0. The molecule has 0 radical (unpaired) electrons. The number of carbonyl (C=O) groups is 1. The first-order chi connectivity index (χ1) is 8.83. The minimum atomic E-state index is -0.681. The van der Waals surface area contributed by atoms with Crippen molar-refractivity contribution < 1.29 is 9.90 Å². The summed E-state index contributed by atoms with van der Waals surface area (Å²) in [5.41, 5.74) is 3.57. The first kappa shape index (κ1) is 13.9. The summed E-state index contributed by atoms with van der Waals surface area (Å²) >= 11 is 0. The van der Waals surface area contributed by atoms with Crippen molar-refractivity contribution in [3.05, 3.63) is 29.3 Å². The van der Waals surface area contributed by atoms with Gasteiger partial charge in [-0.05, 0) is 42.9 Å². The van der Waals surface area contributed by atoms with Crippen molar-refractivity contribution in [3.8, 4) is 0 Å². The molecule has 3 nitrogen and oxygen atoms in total. The average Bonchev–Trinajstić information content (AvgIpc) is 2.32. The van der Waals surface area contributed by atoms with Gasteiger partial charge in [0.1, 0.15) is 0 Å². The van der Waals surface area contributed by atoms with E-state index in [9.17, 15) is 9.90 Å². The lowest BCUT2D eigenvalue weighted by Crippen LogP contribution is -2.48. The zero-order chi connectivity index (χ0) is 14.2. The molecule has 1 aliphatic rings. The number of piperidine rings is 1. The van der Waals surface area contributed by atoms with Gasteiger partial charge in [-0.25, -0.2) is 0 Å².